The second-order valence-corrected chi connectivity index (χ2v) is 7.57. The molecule has 2 aromatic carbocycles. The van der Waals surface area contributed by atoms with Gasteiger partial charge < -0.3 is 15.4 Å². The normalized spacial score (nSPS) is 20.4. The van der Waals surface area contributed by atoms with E-state index in [1.165, 1.54) is 7.11 Å². The minimum Gasteiger partial charge on any atom is -0.495 e. The predicted molar refractivity (Wildman–Crippen MR) is 108 cm³/mol. The van der Waals surface area contributed by atoms with E-state index in [1.807, 2.05) is 24.3 Å². The summed E-state index contributed by atoms with van der Waals surface area (Å²) < 4.78 is 5.21. The Morgan fingerprint density at radius 1 is 1.28 bits per heavy atom. The number of urea groups is 1. The van der Waals surface area contributed by atoms with Crippen LogP contribution in [-0.4, -0.2) is 36.4 Å². The minimum atomic E-state index is -1.10. The zero-order chi connectivity index (χ0) is 20.6. The number of benzene rings is 2. The molecule has 4 rings (SSSR count). The molecule has 29 heavy (non-hydrogen) atoms. The number of anilines is 1. The minimum absolute atomic E-state index is 0.370. The van der Waals surface area contributed by atoms with Crippen molar-refractivity contribution in [2.24, 2.45) is 0 Å². The molecule has 1 saturated heterocycles. The highest BCUT2D eigenvalue weighted by Gasteiger charge is 2.54. The lowest BCUT2D eigenvalue weighted by atomic mass is 9.76. The van der Waals surface area contributed by atoms with Crippen LogP contribution in [-0.2, 0) is 21.5 Å². The van der Waals surface area contributed by atoms with Crippen LogP contribution in [0.4, 0.5) is 10.5 Å². The Morgan fingerprint density at radius 3 is 2.86 bits per heavy atom. The Labute approximate surface area is 173 Å². The third-order valence-corrected chi connectivity index (χ3v) is 5.62. The first kappa shape index (κ1) is 19.3. The molecule has 2 N–H and O–H groups in total. The van der Waals surface area contributed by atoms with Crippen LogP contribution < -0.4 is 15.4 Å². The molecule has 150 valence electrons. The van der Waals surface area contributed by atoms with Gasteiger partial charge in [0.2, 0.25) is 5.91 Å². The van der Waals surface area contributed by atoms with E-state index in [4.69, 9.17) is 16.3 Å². The van der Waals surface area contributed by atoms with Crippen LogP contribution in [0.1, 0.15) is 24.0 Å². The Bertz CT molecular complexity index is 1010. The number of hydrogen-bond acceptors (Lipinski definition) is 4. The highest BCUT2D eigenvalue weighted by Crippen LogP contribution is 2.39. The lowest BCUT2D eigenvalue weighted by Gasteiger charge is -2.33. The molecular formula is C21H20ClN3O4. The fourth-order valence-electron chi connectivity index (χ4n) is 4.07. The largest absolute Gasteiger partial charge is 0.495 e. The van der Waals surface area contributed by atoms with E-state index in [-0.39, 0.29) is 0 Å². The zero-order valence-corrected chi connectivity index (χ0v) is 16.6. The van der Waals surface area contributed by atoms with Crippen LogP contribution >= 0.6 is 11.6 Å². The molecule has 1 heterocycles. The predicted octanol–water partition coefficient (Wildman–Crippen LogP) is 3.07. The summed E-state index contributed by atoms with van der Waals surface area (Å²) in [5.74, 6) is -0.490. The molecule has 0 aromatic heterocycles. The van der Waals surface area contributed by atoms with Gasteiger partial charge in [-0.15, -0.1) is 0 Å². The number of carbonyl (C=O) groups excluding carboxylic acids is 3. The SMILES string of the molecule is COc1ccc(Cl)cc1NC(=O)CN1C(=O)N[C@@]2(CCCc3ccccc32)C1=O. The number of aryl methyl sites for hydroxylation is 1. The van der Waals surface area contributed by atoms with E-state index in [0.29, 0.717) is 22.9 Å². The van der Waals surface area contributed by atoms with Crippen LogP contribution in [0.15, 0.2) is 42.5 Å². The van der Waals surface area contributed by atoms with Crippen molar-refractivity contribution in [2.75, 3.05) is 19.0 Å². The van der Waals surface area contributed by atoms with E-state index in [2.05, 4.69) is 10.6 Å². The molecule has 0 radical (unpaired) electrons. The average Bonchev–Trinajstić information content (AvgIpc) is 2.93. The molecule has 1 aliphatic carbocycles. The number of imide groups is 1. The van der Waals surface area contributed by atoms with Crippen molar-refractivity contribution in [1.82, 2.24) is 10.2 Å². The highest BCUT2D eigenvalue weighted by molar-refractivity contribution is 6.31. The topological polar surface area (TPSA) is 87.7 Å². The molecule has 0 unspecified atom stereocenters. The molecule has 7 nitrogen and oxygen atoms in total. The van der Waals surface area contributed by atoms with Gasteiger partial charge >= 0.3 is 6.03 Å². The maximum atomic E-state index is 13.2. The van der Waals surface area contributed by atoms with Gasteiger partial charge in [-0.05, 0) is 48.6 Å². The molecule has 4 amide bonds. The lowest BCUT2D eigenvalue weighted by Crippen LogP contribution is -2.47. The molecule has 2 aliphatic rings. The summed E-state index contributed by atoms with van der Waals surface area (Å²) in [5.41, 5.74) is 1.13. The number of carbonyl (C=O) groups is 3. The molecule has 1 spiro atoms. The fraction of sp³-hybridized carbons (Fsp3) is 0.286. The first-order chi connectivity index (χ1) is 13.9. The Hall–Kier alpha value is -3.06. The molecular weight excluding hydrogens is 394 g/mol. The fourth-order valence-corrected chi connectivity index (χ4v) is 4.24. The number of amides is 4. The number of ether oxygens (including phenoxy) is 1. The van der Waals surface area contributed by atoms with Gasteiger partial charge in [-0.3, -0.25) is 14.5 Å². The van der Waals surface area contributed by atoms with E-state index in [1.54, 1.807) is 18.2 Å². The quantitative estimate of drug-likeness (QED) is 0.754. The van der Waals surface area contributed by atoms with Gasteiger partial charge in [-0.25, -0.2) is 4.79 Å². The molecule has 0 saturated carbocycles. The highest BCUT2D eigenvalue weighted by atomic mass is 35.5. The maximum Gasteiger partial charge on any atom is 0.325 e. The number of nitrogens with zero attached hydrogens (tertiary/aromatic N) is 1. The van der Waals surface area contributed by atoms with Gasteiger partial charge in [0.05, 0.1) is 12.8 Å². The van der Waals surface area contributed by atoms with Crippen molar-refractivity contribution in [1.29, 1.82) is 0 Å². The molecule has 8 heteroatoms. The standard InChI is InChI=1S/C21H20ClN3O4/c1-29-17-9-8-14(22)11-16(17)23-18(26)12-25-19(27)21(24-20(25)28)10-4-6-13-5-2-3-7-15(13)21/h2-3,5,7-9,11H,4,6,10,12H2,1H3,(H,23,26)(H,24,28)/t21-/m1/s1. The number of fused-ring (bicyclic) bond motifs is 2. The first-order valence-electron chi connectivity index (χ1n) is 9.30. The maximum absolute atomic E-state index is 13.2. The van der Waals surface area contributed by atoms with Gasteiger partial charge in [0, 0.05) is 5.02 Å². The van der Waals surface area contributed by atoms with Crippen LogP contribution in [0.2, 0.25) is 5.02 Å². The summed E-state index contributed by atoms with van der Waals surface area (Å²) in [4.78, 5) is 39.4. The number of methoxy groups -OCH3 is 1. The van der Waals surface area contributed by atoms with E-state index in [0.717, 1.165) is 28.9 Å². The van der Waals surface area contributed by atoms with Gasteiger partial charge in [-0.2, -0.15) is 0 Å². The third kappa shape index (κ3) is 3.31. The third-order valence-electron chi connectivity index (χ3n) is 5.39. The number of halogens is 1. The Balaban J connectivity index is 1.55. The molecule has 0 bridgehead atoms. The van der Waals surface area contributed by atoms with Crippen LogP contribution in [0.3, 0.4) is 0 Å². The second-order valence-electron chi connectivity index (χ2n) is 7.13. The molecule has 2 aromatic rings. The van der Waals surface area contributed by atoms with Crippen molar-refractivity contribution < 1.29 is 19.1 Å². The summed E-state index contributed by atoms with van der Waals surface area (Å²) in [6.07, 6.45) is 2.15. The summed E-state index contributed by atoms with van der Waals surface area (Å²) in [5, 5.41) is 5.92. The molecule has 1 atom stereocenters. The van der Waals surface area contributed by atoms with Gasteiger partial charge in [0.25, 0.3) is 5.91 Å². The van der Waals surface area contributed by atoms with Gasteiger partial charge in [0.15, 0.2) is 0 Å². The summed E-state index contributed by atoms with van der Waals surface area (Å²) in [6, 6.07) is 11.8. The van der Waals surface area contributed by atoms with Crippen molar-refractivity contribution in [3.05, 3.63) is 58.6 Å². The van der Waals surface area contributed by atoms with Crippen LogP contribution in [0.25, 0.3) is 0 Å². The number of rotatable bonds is 4. The van der Waals surface area contributed by atoms with E-state index < -0.39 is 29.9 Å². The van der Waals surface area contributed by atoms with Gasteiger partial charge in [-0.1, -0.05) is 35.9 Å². The van der Waals surface area contributed by atoms with Crippen LogP contribution in [0.5, 0.6) is 5.75 Å². The van der Waals surface area contributed by atoms with E-state index >= 15 is 0 Å². The molecule has 1 aliphatic heterocycles. The lowest BCUT2D eigenvalue weighted by molar-refractivity contribution is -0.134. The summed E-state index contributed by atoms with van der Waals surface area (Å²) in [6.45, 7) is -0.399. The monoisotopic (exact) mass is 413 g/mol. The first-order valence-corrected chi connectivity index (χ1v) is 9.68. The van der Waals surface area contributed by atoms with E-state index in [9.17, 15) is 14.4 Å². The average molecular weight is 414 g/mol. The summed E-state index contributed by atoms with van der Waals surface area (Å²) >= 11 is 5.98. The summed E-state index contributed by atoms with van der Waals surface area (Å²) in [7, 11) is 1.47. The smallest absolute Gasteiger partial charge is 0.325 e. The number of nitrogens with one attached hydrogen (secondary N) is 2. The zero-order valence-electron chi connectivity index (χ0n) is 15.8. The Kier molecular flexibility index (Phi) is 4.92. The number of hydrogen-bond donors (Lipinski definition) is 2. The van der Waals surface area contributed by atoms with Crippen molar-refractivity contribution >= 4 is 35.1 Å². The Morgan fingerprint density at radius 2 is 2.07 bits per heavy atom. The van der Waals surface area contributed by atoms with Gasteiger partial charge in [0.1, 0.15) is 17.8 Å². The second kappa shape index (κ2) is 7.40. The van der Waals surface area contributed by atoms with Crippen molar-refractivity contribution in [3.63, 3.8) is 0 Å². The van der Waals surface area contributed by atoms with Crippen LogP contribution in [0, 0.1) is 0 Å². The molecule has 1 fully saturated rings. The van der Waals surface area contributed by atoms with Crippen molar-refractivity contribution in [3.8, 4) is 5.75 Å². The van der Waals surface area contributed by atoms with Crippen molar-refractivity contribution in [2.45, 2.75) is 24.8 Å².